The molecule has 2 aliphatic rings. The zero-order chi connectivity index (χ0) is 25.5. The molecule has 9 nitrogen and oxygen atoms in total. The van der Waals surface area contributed by atoms with Gasteiger partial charge in [0.1, 0.15) is 23.2 Å². The van der Waals surface area contributed by atoms with Gasteiger partial charge in [0.15, 0.2) is 0 Å². The lowest BCUT2D eigenvalue weighted by molar-refractivity contribution is -0.137. The summed E-state index contributed by atoms with van der Waals surface area (Å²) < 4.78 is 1.83. The van der Waals surface area contributed by atoms with Crippen LogP contribution in [0.4, 0.5) is 5.82 Å². The van der Waals surface area contributed by atoms with Crippen LogP contribution in [0.3, 0.4) is 0 Å². The number of carbonyl (C=O) groups excluding carboxylic acids is 4. The van der Waals surface area contributed by atoms with Crippen molar-refractivity contribution in [2.24, 2.45) is 0 Å². The molecular formula is C28H23N5O4. The van der Waals surface area contributed by atoms with Gasteiger partial charge in [0, 0.05) is 30.3 Å². The molecule has 0 radical (unpaired) electrons. The molecule has 4 aromatic rings. The van der Waals surface area contributed by atoms with Crippen molar-refractivity contribution in [1.29, 1.82) is 0 Å². The SMILES string of the molecule is O=C1CCC(N2Cc3cc(-c4nc5ccccn5c4NC(=O)Cc4ccccc4)ccc3C2=O)C(=O)N1. The van der Waals surface area contributed by atoms with Crippen molar-refractivity contribution in [3.63, 3.8) is 0 Å². The number of imide groups is 1. The first kappa shape index (κ1) is 22.7. The topological polar surface area (TPSA) is 113 Å². The van der Waals surface area contributed by atoms with E-state index in [1.165, 1.54) is 4.90 Å². The van der Waals surface area contributed by atoms with E-state index in [0.717, 1.165) is 16.7 Å². The second-order valence-corrected chi connectivity index (χ2v) is 9.22. The van der Waals surface area contributed by atoms with Gasteiger partial charge in [0.25, 0.3) is 5.91 Å². The Labute approximate surface area is 212 Å². The molecule has 0 spiro atoms. The maximum Gasteiger partial charge on any atom is 0.255 e. The van der Waals surface area contributed by atoms with E-state index in [0.29, 0.717) is 29.1 Å². The van der Waals surface area contributed by atoms with E-state index in [1.54, 1.807) is 12.1 Å². The monoisotopic (exact) mass is 493 g/mol. The van der Waals surface area contributed by atoms with Gasteiger partial charge in [0.05, 0.1) is 6.42 Å². The van der Waals surface area contributed by atoms with Crippen LogP contribution in [0.15, 0.2) is 72.9 Å². The van der Waals surface area contributed by atoms with Crippen LogP contribution in [0, 0.1) is 0 Å². The smallest absolute Gasteiger partial charge is 0.255 e. The summed E-state index contributed by atoms with van der Waals surface area (Å²) in [7, 11) is 0. The lowest BCUT2D eigenvalue weighted by Gasteiger charge is -2.29. The minimum atomic E-state index is -0.677. The molecule has 2 aromatic heterocycles. The van der Waals surface area contributed by atoms with Crippen molar-refractivity contribution in [3.8, 4) is 11.3 Å². The number of anilines is 1. The summed E-state index contributed by atoms with van der Waals surface area (Å²) in [5.41, 5.74) is 4.20. The highest BCUT2D eigenvalue weighted by molar-refractivity contribution is 6.05. The third-order valence-corrected chi connectivity index (χ3v) is 6.79. The second kappa shape index (κ2) is 9.02. The Kier molecular flexibility index (Phi) is 5.52. The lowest BCUT2D eigenvalue weighted by Crippen LogP contribution is -2.52. The first-order valence-electron chi connectivity index (χ1n) is 12.1. The number of piperidine rings is 1. The molecule has 6 rings (SSSR count). The van der Waals surface area contributed by atoms with Crippen LogP contribution in [-0.2, 0) is 27.3 Å². The number of nitrogens with one attached hydrogen (secondary N) is 2. The Morgan fingerprint density at radius 3 is 2.65 bits per heavy atom. The minimum Gasteiger partial charge on any atom is -0.322 e. The average molecular weight is 494 g/mol. The van der Waals surface area contributed by atoms with E-state index in [9.17, 15) is 19.2 Å². The third kappa shape index (κ3) is 4.14. The molecule has 184 valence electrons. The number of amides is 4. The zero-order valence-corrected chi connectivity index (χ0v) is 19.8. The van der Waals surface area contributed by atoms with Gasteiger partial charge in [-0.15, -0.1) is 0 Å². The standard InChI is InChI=1S/C28H23N5O4/c34-23-12-11-21(27(36)31-23)33-16-19-15-18(9-10-20(19)28(33)37)25-26(32-13-5-4-8-22(32)29-25)30-24(35)14-17-6-2-1-3-7-17/h1-10,13,15,21H,11-12,14,16H2,(H,30,35)(H,31,34,36). The fourth-order valence-corrected chi connectivity index (χ4v) is 5.00. The molecular weight excluding hydrogens is 470 g/mol. The number of rotatable bonds is 5. The summed E-state index contributed by atoms with van der Waals surface area (Å²) in [5.74, 6) is -0.619. The maximum atomic E-state index is 13.1. The fraction of sp³-hybridized carbons (Fsp3) is 0.179. The van der Waals surface area contributed by atoms with Crippen LogP contribution in [0.25, 0.3) is 16.9 Å². The van der Waals surface area contributed by atoms with Gasteiger partial charge in [0.2, 0.25) is 17.7 Å². The van der Waals surface area contributed by atoms with E-state index in [4.69, 9.17) is 4.98 Å². The number of aromatic nitrogens is 2. The van der Waals surface area contributed by atoms with Crippen molar-refractivity contribution in [3.05, 3.63) is 89.6 Å². The van der Waals surface area contributed by atoms with Crippen molar-refractivity contribution in [2.75, 3.05) is 5.32 Å². The van der Waals surface area contributed by atoms with Crippen molar-refractivity contribution in [2.45, 2.75) is 31.8 Å². The zero-order valence-electron chi connectivity index (χ0n) is 19.8. The molecule has 1 fully saturated rings. The van der Waals surface area contributed by atoms with Crippen LogP contribution in [0.5, 0.6) is 0 Å². The van der Waals surface area contributed by atoms with Crippen LogP contribution < -0.4 is 10.6 Å². The first-order valence-corrected chi connectivity index (χ1v) is 12.1. The van der Waals surface area contributed by atoms with Crippen molar-refractivity contribution in [1.82, 2.24) is 19.6 Å². The number of imidazole rings is 1. The predicted molar refractivity (Wildman–Crippen MR) is 135 cm³/mol. The van der Waals surface area contributed by atoms with E-state index < -0.39 is 11.9 Å². The van der Waals surface area contributed by atoms with Crippen molar-refractivity contribution >= 4 is 35.1 Å². The second-order valence-electron chi connectivity index (χ2n) is 9.22. The molecule has 0 saturated carbocycles. The third-order valence-electron chi connectivity index (χ3n) is 6.79. The number of pyridine rings is 1. The molecule has 1 atom stereocenters. The van der Waals surface area contributed by atoms with Gasteiger partial charge in [-0.25, -0.2) is 4.98 Å². The van der Waals surface area contributed by atoms with Crippen LogP contribution in [-0.4, -0.2) is 44.0 Å². The highest BCUT2D eigenvalue weighted by Gasteiger charge is 2.39. The molecule has 0 aliphatic carbocycles. The fourth-order valence-electron chi connectivity index (χ4n) is 5.00. The molecule has 9 heteroatoms. The number of fused-ring (bicyclic) bond motifs is 2. The molecule has 4 amide bonds. The minimum absolute atomic E-state index is 0.168. The number of carbonyl (C=O) groups is 4. The van der Waals surface area contributed by atoms with Crippen molar-refractivity contribution < 1.29 is 19.2 Å². The normalized spacial score (nSPS) is 17.1. The van der Waals surface area contributed by atoms with Crippen LogP contribution in [0.1, 0.15) is 34.3 Å². The summed E-state index contributed by atoms with van der Waals surface area (Å²) in [6, 6.07) is 19.8. The molecule has 2 aromatic carbocycles. The van der Waals surface area contributed by atoms with Gasteiger partial charge in [-0.3, -0.25) is 28.9 Å². The molecule has 37 heavy (non-hydrogen) atoms. The Morgan fingerprint density at radius 2 is 1.84 bits per heavy atom. The van der Waals surface area contributed by atoms with Gasteiger partial charge in [-0.1, -0.05) is 42.5 Å². The van der Waals surface area contributed by atoms with Gasteiger partial charge in [-0.2, -0.15) is 0 Å². The average Bonchev–Trinajstić information content (AvgIpc) is 3.42. The summed E-state index contributed by atoms with van der Waals surface area (Å²) in [5, 5.41) is 5.35. The van der Waals surface area contributed by atoms with Gasteiger partial charge in [-0.05, 0) is 41.8 Å². The van der Waals surface area contributed by atoms with E-state index in [1.807, 2.05) is 65.2 Å². The molecule has 2 N–H and O–H groups in total. The maximum absolute atomic E-state index is 13.1. The predicted octanol–water partition coefficient (Wildman–Crippen LogP) is 2.94. The number of hydrogen-bond donors (Lipinski definition) is 2. The summed E-state index contributed by atoms with van der Waals surface area (Å²) in [6.45, 7) is 0.261. The highest BCUT2D eigenvalue weighted by atomic mass is 16.2. The van der Waals surface area contributed by atoms with E-state index >= 15 is 0 Å². The van der Waals surface area contributed by atoms with E-state index in [-0.39, 0.29) is 37.1 Å². The van der Waals surface area contributed by atoms with Crippen LogP contribution in [0.2, 0.25) is 0 Å². The number of benzene rings is 2. The highest BCUT2D eigenvalue weighted by Crippen LogP contribution is 2.34. The summed E-state index contributed by atoms with van der Waals surface area (Å²) in [6.07, 6.45) is 2.57. The molecule has 1 saturated heterocycles. The Bertz CT molecular complexity index is 1580. The van der Waals surface area contributed by atoms with Gasteiger partial charge < -0.3 is 10.2 Å². The summed E-state index contributed by atoms with van der Waals surface area (Å²) >= 11 is 0. The Hall–Kier alpha value is -4.79. The molecule has 0 bridgehead atoms. The molecule has 1 unspecified atom stereocenters. The number of hydrogen-bond acceptors (Lipinski definition) is 5. The Balaban J connectivity index is 1.32. The largest absolute Gasteiger partial charge is 0.322 e. The van der Waals surface area contributed by atoms with Crippen LogP contribution >= 0.6 is 0 Å². The quantitative estimate of drug-likeness (QED) is 0.415. The number of nitrogens with zero attached hydrogens (tertiary/aromatic N) is 3. The molecule has 4 heterocycles. The first-order chi connectivity index (χ1) is 18.0. The molecule has 2 aliphatic heterocycles. The summed E-state index contributed by atoms with van der Waals surface area (Å²) in [4.78, 5) is 56.2. The van der Waals surface area contributed by atoms with Gasteiger partial charge >= 0.3 is 0 Å². The lowest BCUT2D eigenvalue weighted by atomic mass is 10.0. The Morgan fingerprint density at radius 1 is 1.03 bits per heavy atom. The van der Waals surface area contributed by atoms with E-state index in [2.05, 4.69) is 10.6 Å².